The molecule has 112 valence electrons. The van der Waals surface area contributed by atoms with Crippen molar-refractivity contribution < 1.29 is 18.3 Å². The number of rotatable bonds is 8. The fraction of sp³-hybridized carbons (Fsp3) is 0.500. The Morgan fingerprint density at radius 3 is 2.35 bits per heavy atom. The van der Waals surface area contributed by atoms with Crippen LogP contribution >= 0.6 is 0 Å². The fourth-order valence-electron chi connectivity index (χ4n) is 1.84. The van der Waals surface area contributed by atoms with Crippen LogP contribution in [0.5, 0.6) is 0 Å². The van der Waals surface area contributed by atoms with Gasteiger partial charge in [0.2, 0.25) is 10.0 Å². The lowest BCUT2D eigenvalue weighted by atomic mass is 10.1. The first-order chi connectivity index (χ1) is 9.32. The largest absolute Gasteiger partial charge is 0.480 e. The highest BCUT2D eigenvalue weighted by atomic mass is 32.2. The first-order valence-corrected chi connectivity index (χ1v) is 8.24. The number of aliphatic carboxylic acids is 1. The van der Waals surface area contributed by atoms with E-state index in [-0.39, 0.29) is 11.7 Å². The standard InChI is InChI=1S/C14H21NO4S/c1-11(2)13(14(16)17)15-20(18,19)10-6-9-12-7-4-3-5-8-12/h3-5,7-8,11,13,15H,6,9-10H2,1-2H3,(H,16,17)/t13-/m0/s1. The Bertz CT molecular complexity index is 525. The third kappa shape index (κ3) is 5.71. The maximum absolute atomic E-state index is 11.9. The maximum atomic E-state index is 11.9. The van der Waals surface area contributed by atoms with Gasteiger partial charge in [0.15, 0.2) is 0 Å². The van der Waals surface area contributed by atoms with Gasteiger partial charge in [-0.2, -0.15) is 0 Å². The van der Waals surface area contributed by atoms with Gasteiger partial charge in [-0.15, -0.1) is 0 Å². The number of hydrogen-bond donors (Lipinski definition) is 2. The van der Waals surface area contributed by atoms with E-state index in [1.165, 1.54) is 0 Å². The van der Waals surface area contributed by atoms with Crippen LogP contribution < -0.4 is 4.72 Å². The van der Waals surface area contributed by atoms with Crippen molar-refractivity contribution in [3.8, 4) is 0 Å². The summed E-state index contributed by atoms with van der Waals surface area (Å²) in [5.41, 5.74) is 1.07. The molecule has 1 atom stereocenters. The molecule has 0 bridgehead atoms. The average molecular weight is 299 g/mol. The van der Waals surface area contributed by atoms with Crippen LogP contribution in [0.1, 0.15) is 25.8 Å². The highest BCUT2D eigenvalue weighted by Gasteiger charge is 2.26. The minimum Gasteiger partial charge on any atom is -0.480 e. The molecule has 0 saturated heterocycles. The first-order valence-electron chi connectivity index (χ1n) is 6.58. The fourth-order valence-corrected chi connectivity index (χ4v) is 3.24. The van der Waals surface area contributed by atoms with Crippen molar-refractivity contribution in [2.24, 2.45) is 5.92 Å². The molecule has 0 aliphatic carbocycles. The predicted octanol–water partition coefficient (Wildman–Crippen LogP) is 1.65. The van der Waals surface area contributed by atoms with Crippen molar-refractivity contribution in [2.45, 2.75) is 32.7 Å². The van der Waals surface area contributed by atoms with Gasteiger partial charge in [0, 0.05) is 0 Å². The van der Waals surface area contributed by atoms with Crippen molar-refractivity contribution >= 4 is 16.0 Å². The molecule has 0 fully saturated rings. The Morgan fingerprint density at radius 2 is 1.85 bits per heavy atom. The summed E-state index contributed by atoms with van der Waals surface area (Å²) < 4.78 is 26.0. The lowest BCUT2D eigenvalue weighted by Crippen LogP contribution is -2.45. The summed E-state index contributed by atoms with van der Waals surface area (Å²) in [6.07, 6.45) is 1.12. The van der Waals surface area contributed by atoms with Crippen LogP contribution in [0, 0.1) is 5.92 Å². The van der Waals surface area contributed by atoms with Gasteiger partial charge in [0.05, 0.1) is 5.75 Å². The smallest absolute Gasteiger partial charge is 0.321 e. The van der Waals surface area contributed by atoms with Crippen LogP contribution in [-0.2, 0) is 21.2 Å². The Kier molecular flexibility index (Phi) is 6.16. The molecule has 0 aliphatic heterocycles. The van der Waals surface area contributed by atoms with E-state index in [1.54, 1.807) is 13.8 Å². The number of nitrogens with one attached hydrogen (secondary N) is 1. The normalized spacial score (nSPS) is 13.3. The summed E-state index contributed by atoms with van der Waals surface area (Å²) in [7, 11) is -3.57. The van der Waals surface area contributed by atoms with E-state index in [9.17, 15) is 13.2 Å². The molecule has 20 heavy (non-hydrogen) atoms. The number of carbonyl (C=O) groups is 1. The molecule has 0 unspecified atom stereocenters. The molecular formula is C14H21NO4S. The van der Waals surface area contributed by atoms with Gasteiger partial charge in [-0.25, -0.2) is 13.1 Å². The molecule has 0 heterocycles. The Balaban J connectivity index is 2.51. The lowest BCUT2D eigenvalue weighted by molar-refractivity contribution is -0.140. The highest BCUT2D eigenvalue weighted by Crippen LogP contribution is 2.07. The van der Waals surface area contributed by atoms with E-state index in [0.717, 1.165) is 5.56 Å². The van der Waals surface area contributed by atoms with Crippen LogP contribution in [0.4, 0.5) is 0 Å². The van der Waals surface area contributed by atoms with E-state index >= 15 is 0 Å². The van der Waals surface area contributed by atoms with E-state index in [4.69, 9.17) is 5.11 Å². The van der Waals surface area contributed by atoms with Gasteiger partial charge < -0.3 is 5.11 Å². The topological polar surface area (TPSA) is 83.5 Å². The third-order valence-electron chi connectivity index (χ3n) is 2.96. The van der Waals surface area contributed by atoms with Crippen LogP contribution in [0.3, 0.4) is 0 Å². The van der Waals surface area contributed by atoms with E-state index < -0.39 is 22.0 Å². The molecule has 0 aromatic heterocycles. The second-order valence-corrected chi connectivity index (χ2v) is 6.96. The van der Waals surface area contributed by atoms with Gasteiger partial charge in [-0.1, -0.05) is 44.2 Å². The minimum atomic E-state index is -3.57. The summed E-state index contributed by atoms with van der Waals surface area (Å²) in [5.74, 6) is -1.51. The van der Waals surface area contributed by atoms with Crippen molar-refractivity contribution in [1.29, 1.82) is 0 Å². The maximum Gasteiger partial charge on any atom is 0.321 e. The predicted molar refractivity (Wildman–Crippen MR) is 77.9 cm³/mol. The van der Waals surface area contributed by atoms with E-state index in [2.05, 4.69) is 4.72 Å². The zero-order chi connectivity index (χ0) is 15.2. The summed E-state index contributed by atoms with van der Waals surface area (Å²) in [5, 5.41) is 8.98. The molecule has 0 saturated carbocycles. The number of carboxylic acids is 1. The van der Waals surface area contributed by atoms with Crippen molar-refractivity contribution in [3.05, 3.63) is 35.9 Å². The third-order valence-corrected chi connectivity index (χ3v) is 4.40. The van der Waals surface area contributed by atoms with E-state index in [1.807, 2.05) is 30.3 Å². The monoisotopic (exact) mass is 299 g/mol. The van der Waals surface area contributed by atoms with Crippen molar-refractivity contribution in [2.75, 3.05) is 5.75 Å². The van der Waals surface area contributed by atoms with Crippen LogP contribution in [-0.4, -0.2) is 31.3 Å². The molecule has 0 radical (unpaired) electrons. The lowest BCUT2D eigenvalue weighted by Gasteiger charge is -2.17. The molecule has 6 heteroatoms. The molecule has 5 nitrogen and oxygen atoms in total. The summed E-state index contributed by atoms with van der Waals surface area (Å²) in [4.78, 5) is 11.0. The molecule has 1 aromatic rings. The van der Waals surface area contributed by atoms with Crippen LogP contribution in [0.15, 0.2) is 30.3 Å². The quantitative estimate of drug-likeness (QED) is 0.764. The second kappa shape index (κ2) is 7.40. The Morgan fingerprint density at radius 1 is 1.25 bits per heavy atom. The van der Waals surface area contributed by atoms with E-state index in [0.29, 0.717) is 12.8 Å². The van der Waals surface area contributed by atoms with Gasteiger partial charge in [-0.05, 0) is 24.3 Å². The number of sulfonamides is 1. The van der Waals surface area contributed by atoms with Crippen LogP contribution in [0.2, 0.25) is 0 Å². The first kappa shape index (κ1) is 16.7. The minimum absolute atomic E-state index is 0.0710. The Labute approximate surface area is 120 Å². The van der Waals surface area contributed by atoms with Crippen LogP contribution in [0.25, 0.3) is 0 Å². The zero-order valence-electron chi connectivity index (χ0n) is 11.7. The SMILES string of the molecule is CC(C)[C@H](NS(=O)(=O)CCCc1ccccc1)C(=O)O. The van der Waals surface area contributed by atoms with Gasteiger partial charge >= 0.3 is 5.97 Å². The molecule has 0 aliphatic rings. The van der Waals surface area contributed by atoms with Crippen molar-refractivity contribution in [3.63, 3.8) is 0 Å². The number of carboxylic acid groups (broad SMARTS) is 1. The molecule has 1 aromatic carbocycles. The molecule has 0 spiro atoms. The summed E-state index contributed by atoms with van der Waals surface area (Å²) >= 11 is 0. The zero-order valence-corrected chi connectivity index (χ0v) is 12.6. The van der Waals surface area contributed by atoms with Crippen molar-refractivity contribution in [1.82, 2.24) is 4.72 Å². The van der Waals surface area contributed by atoms with Gasteiger partial charge in [0.1, 0.15) is 6.04 Å². The summed E-state index contributed by atoms with van der Waals surface area (Å²) in [6, 6.07) is 8.52. The molecule has 1 rings (SSSR count). The van der Waals surface area contributed by atoms with Gasteiger partial charge in [0.25, 0.3) is 0 Å². The number of aryl methyl sites for hydroxylation is 1. The molecule has 0 amide bonds. The van der Waals surface area contributed by atoms with Gasteiger partial charge in [-0.3, -0.25) is 4.79 Å². The summed E-state index contributed by atoms with van der Waals surface area (Å²) in [6.45, 7) is 3.34. The molecule has 2 N–H and O–H groups in total. The molecular weight excluding hydrogens is 278 g/mol. The number of benzene rings is 1. The highest BCUT2D eigenvalue weighted by molar-refractivity contribution is 7.89. The Hall–Kier alpha value is -1.40. The number of hydrogen-bond acceptors (Lipinski definition) is 3. The average Bonchev–Trinajstić information content (AvgIpc) is 2.36. The second-order valence-electron chi connectivity index (χ2n) is 5.09.